The predicted octanol–water partition coefficient (Wildman–Crippen LogP) is 4.14. The van der Waals surface area contributed by atoms with Crippen LogP contribution in [0.15, 0.2) is 22.6 Å². The van der Waals surface area contributed by atoms with Crippen LogP contribution in [0.4, 0.5) is 15.9 Å². The number of anilines is 2. The van der Waals surface area contributed by atoms with Gasteiger partial charge in [-0.25, -0.2) is 9.37 Å². The molecule has 0 saturated carbocycles. The van der Waals surface area contributed by atoms with Crippen LogP contribution in [0.2, 0.25) is 0 Å². The van der Waals surface area contributed by atoms with E-state index in [-0.39, 0.29) is 11.7 Å². The van der Waals surface area contributed by atoms with E-state index in [9.17, 15) is 9.18 Å². The molecule has 1 N–H and O–H groups in total. The Kier molecular flexibility index (Phi) is 4.30. The van der Waals surface area contributed by atoms with E-state index in [0.29, 0.717) is 39.5 Å². The number of hydrogen-bond acceptors (Lipinski definition) is 5. The largest absolute Gasteiger partial charge is 0.442 e. The number of amides is 1. The van der Waals surface area contributed by atoms with Crippen LogP contribution >= 0.6 is 0 Å². The van der Waals surface area contributed by atoms with Crippen LogP contribution in [-0.4, -0.2) is 29.0 Å². The van der Waals surface area contributed by atoms with E-state index < -0.39 is 0 Å². The minimum atomic E-state index is -0.363. The van der Waals surface area contributed by atoms with Crippen molar-refractivity contribution in [2.24, 2.45) is 0 Å². The lowest BCUT2D eigenvalue weighted by Gasteiger charge is -2.18. The molecule has 4 rings (SSSR count). The molecule has 1 amide bonds. The highest BCUT2D eigenvalue weighted by Crippen LogP contribution is 2.34. The molecule has 3 heterocycles. The third-order valence-corrected chi connectivity index (χ3v) is 4.88. The Morgan fingerprint density at radius 3 is 2.63 bits per heavy atom. The number of carbonyl (C=O) groups excluding carboxylic acids is 1. The van der Waals surface area contributed by atoms with Crippen LogP contribution in [0.3, 0.4) is 0 Å². The summed E-state index contributed by atoms with van der Waals surface area (Å²) >= 11 is 0. The molecule has 7 heteroatoms. The topological polar surface area (TPSA) is 71.3 Å². The number of rotatable bonds is 3. The van der Waals surface area contributed by atoms with Gasteiger partial charge in [0.25, 0.3) is 5.91 Å². The van der Waals surface area contributed by atoms with Gasteiger partial charge in [0.05, 0.1) is 10.9 Å². The van der Waals surface area contributed by atoms with E-state index >= 15 is 0 Å². The Hall–Kier alpha value is -2.96. The van der Waals surface area contributed by atoms with Gasteiger partial charge in [0.15, 0.2) is 0 Å². The van der Waals surface area contributed by atoms with E-state index in [1.165, 1.54) is 6.07 Å². The predicted molar refractivity (Wildman–Crippen MR) is 102 cm³/mol. The van der Waals surface area contributed by atoms with Crippen molar-refractivity contribution in [3.63, 3.8) is 0 Å². The molecule has 1 aromatic carbocycles. The van der Waals surface area contributed by atoms with Crippen LogP contribution in [0, 0.1) is 26.6 Å². The Morgan fingerprint density at radius 1 is 1.19 bits per heavy atom. The molecule has 0 atom stereocenters. The molecule has 3 aromatic rings. The number of carbonyl (C=O) groups is 1. The molecular formula is C20H21FN4O2. The van der Waals surface area contributed by atoms with Crippen molar-refractivity contribution in [2.75, 3.05) is 23.3 Å². The monoisotopic (exact) mass is 368 g/mol. The first-order valence-corrected chi connectivity index (χ1v) is 9.04. The standard InChI is InChI=1S/C20H21FN4O2/c1-11-6-7-14(10-15(11)21)24-19(26)16-12(2)27-20-17(16)18(22-13(3)23-20)25-8-4-5-9-25/h6-7,10H,4-5,8-9H2,1-3H3,(H,24,26). The number of aromatic nitrogens is 2. The van der Waals surface area contributed by atoms with Crippen molar-refractivity contribution in [1.82, 2.24) is 9.97 Å². The molecule has 0 bridgehead atoms. The van der Waals surface area contributed by atoms with Crippen LogP contribution in [0.5, 0.6) is 0 Å². The second kappa shape index (κ2) is 6.64. The molecule has 0 aliphatic carbocycles. The fraction of sp³-hybridized carbons (Fsp3) is 0.350. The van der Waals surface area contributed by atoms with Gasteiger partial charge in [0.2, 0.25) is 5.71 Å². The minimum Gasteiger partial charge on any atom is -0.442 e. The maximum atomic E-state index is 13.8. The Labute approximate surface area is 156 Å². The van der Waals surface area contributed by atoms with Gasteiger partial charge in [0, 0.05) is 18.8 Å². The highest BCUT2D eigenvalue weighted by molar-refractivity contribution is 6.15. The molecule has 0 radical (unpaired) electrons. The zero-order chi connectivity index (χ0) is 19.1. The SMILES string of the molecule is Cc1nc(N2CCCC2)c2c(C(=O)Nc3ccc(C)c(F)c3)c(C)oc2n1. The lowest BCUT2D eigenvalue weighted by molar-refractivity contribution is 0.102. The number of nitrogens with one attached hydrogen (secondary N) is 1. The normalized spacial score (nSPS) is 14.1. The van der Waals surface area contributed by atoms with Crippen LogP contribution < -0.4 is 10.2 Å². The second-order valence-corrected chi connectivity index (χ2v) is 6.92. The van der Waals surface area contributed by atoms with Gasteiger partial charge >= 0.3 is 0 Å². The van der Waals surface area contributed by atoms with E-state index in [1.54, 1.807) is 26.0 Å². The number of furan rings is 1. The summed E-state index contributed by atoms with van der Waals surface area (Å²) in [5.74, 6) is 1.08. The second-order valence-electron chi connectivity index (χ2n) is 6.92. The number of aryl methyl sites for hydroxylation is 3. The first-order chi connectivity index (χ1) is 12.9. The number of benzene rings is 1. The molecule has 2 aromatic heterocycles. The first-order valence-electron chi connectivity index (χ1n) is 9.04. The average molecular weight is 368 g/mol. The minimum absolute atomic E-state index is 0.359. The van der Waals surface area contributed by atoms with Gasteiger partial charge < -0.3 is 14.6 Å². The van der Waals surface area contributed by atoms with E-state index in [4.69, 9.17) is 4.42 Å². The maximum absolute atomic E-state index is 13.8. The Bertz CT molecular complexity index is 1040. The maximum Gasteiger partial charge on any atom is 0.260 e. The number of fused-ring (bicyclic) bond motifs is 1. The zero-order valence-corrected chi connectivity index (χ0v) is 15.6. The summed E-state index contributed by atoms with van der Waals surface area (Å²) in [5, 5.41) is 3.38. The highest BCUT2D eigenvalue weighted by atomic mass is 19.1. The molecule has 1 fully saturated rings. The number of halogens is 1. The summed E-state index contributed by atoms with van der Waals surface area (Å²) in [6.07, 6.45) is 2.18. The van der Waals surface area contributed by atoms with Crippen molar-refractivity contribution >= 4 is 28.5 Å². The Balaban J connectivity index is 1.79. The van der Waals surface area contributed by atoms with Crippen molar-refractivity contribution in [1.29, 1.82) is 0 Å². The third kappa shape index (κ3) is 3.13. The van der Waals surface area contributed by atoms with Crippen LogP contribution in [0.25, 0.3) is 11.1 Å². The zero-order valence-electron chi connectivity index (χ0n) is 15.6. The van der Waals surface area contributed by atoms with Gasteiger partial charge in [-0.15, -0.1) is 0 Å². The first kappa shape index (κ1) is 17.5. The van der Waals surface area contributed by atoms with Gasteiger partial charge in [-0.2, -0.15) is 4.98 Å². The number of nitrogens with zero attached hydrogens (tertiary/aromatic N) is 3. The fourth-order valence-corrected chi connectivity index (χ4v) is 3.49. The molecule has 0 unspecified atom stereocenters. The van der Waals surface area contributed by atoms with Gasteiger partial charge in [-0.05, 0) is 51.3 Å². The van der Waals surface area contributed by atoms with E-state index in [0.717, 1.165) is 31.7 Å². The lowest BCUT2D eigenvalue weighted by atomic mass is 10.1. The quantitative estimate of drug-likeness (QED) is 0.752. The molecular weight excluding hydrogens is 347 g/mol. The molecule has 1 aliphatic heterocycles. The molecule has 0 spiro atoms. The highest BCUT2D eigenvalue weighted by Gasteiger charge is 2.27. The van der Waals surface area contributed by atoms with Crippen LogP contribution in [-0.2, 0) is 0 Å². The van der Waals surface area contributed by atoms with Gasteiger partial charge in [-0.1, -0.05) is 6.07 Å². The van der Waals surface area contributed by atoms with Gasteiger partial charge in [0.1, 0.15) is 23.2 Å². The van der Waals surface area contributed by atoms with E-state index in [1.807, 2.05) is 6.92 Å². The lowest BCUT2D eigenvalue weighted by Crippen LogP contribution is -2.21. The van der Waals surface area contributed by atoms with Crippen molar-refractivity contribution in [3.8, 4) is 0 Å². The third-order valence-electron chi connectivity index (χ3n) is 4.88. The van der Waals surface area contributed by atoms with Crippen molar-refractivity contribution < 1.29 is 13.6 Å². The summed E-state index contributed by atoms with van der Waals surface area (Å²) in [6, 6.07) is 4.62. The summed E-state index contributed by atoms with van der Waals surface area (Å²) in [5.41, 5.74) is 1.72. The fourth-order valence-electron chi connectivity index (χ4n) is 3.49. The molecule has 27 heavy (non-hydrogen) atoms. The summed E-state index contributed by atoms with van der Waals surface area (Å²) in [7, 11) is 0. The summed E-state index contributed by atoms with van der Waals surface area (Å²) < 4.78 is 19.6. The smallest absolute Gasteiger partial charge is 0.260 e. The molecule has 1 saturated heterocycles. The van der Waals surface area contributed by atoms with E-state index in [2.05, 4.69) is 20.2 Å². The number of hydrogen-bond donors (Lipinski definition) is 1. The summed E-state index contributed by atoms with van der Waals surface area (Å²) in [6.45, 7) is 7.00. The molecule has 140 valence electrons. The van der Waals surface area contributed by atoms with Crippen LogP contribution in [0.1, 0.15) is 40.3 Å². The Morgan fingerprint density at radius 2 is 1.93 bits per heavy atom. The van der Waals surface area contributed by atoms with Crippen molar-refractivity contribution in [2.45, 2.75) is 33.6 Å². The van der Waals surface area contributed by atoms with Crippen molar-refractivity contribution in [3.05, 3.63) is 46.7 Å². The van der Waals surface area contributed by atoms with Gasteiger partial charge in [-0.3, -0.25) is 4.79 Å². The molecule has 6 nitrogen and oxygen atoms in total. The average Bonchev–Trinajstić information content (AvgIpc) is 3.24. The molecule has 1 aliphatic rings. The summed E-state index contributed by atoms with van der Waals surface area (Å²) in [4.78, 5) is 24.1.